The number of fused-ring (bicyclic) bond motifs is 7. The molecule has 0 amide bonds. The Hall–Kier alpha value is -1.23. The maximum absolute atomic E-state index is 11.0. The Balaban J connectivity index is 1.33. The molecule has 5 fully saturated rings. The predicted octanol–water partition coefficient (Wildman–Crippen LogP) is 6.46. The lowest BCUT2D eigenvalue weighted by molar-refractivity contribution is -0.690. The lowest BCUT2D eigenvalue weighted by atomic mass is 9.32. The molecule has 0 aliphatic heterocycles. The highest BCUT2D eigenvalue weighted by molar-refractivity contribution is 5.22. The normalized spacial score (nSPS) is 47.5. The standard InChI is InChI=1S/C36H56NO3/c1-24(20-37-19-7-8-25(21-37)22-38)26-11-16-36(23-39)18-17-34(5)27(31(26)36)9-10-29-33(4)14-13-30(40)32(2,3)28(33)12-15-35(29,34)6/h7-8,19,21,26-31,38-40H,1,9-18,20,22-23H2,2-6H3/q+1/t26?,27?,28?,29?,30-,31?,33-,34+,35+,36+/m0/s1. The van der Waals surface area contributed by atoms with Crippen LogP contribution in [0.15, 0.2) is 36.7 Å². The first-order valence-electron chi connectivity index (χ1n) is 16.4. The quantitative estimate of drug-likeness (QED) is 0.291. The van der Waals surface area contributed by atoms with Gasteiger partial charge in [0.1, 0.15) is 0 Å². The van der Waals surface area contributed by atoms with Crippen LogP contribution in [-0.4, -0.2) is 28.0 Å². The van der Waals surface area contributed by atoms with Crippen LogP contribution >= 0.6 is 0 Å². The van der Waals surface area contributed by atoms with Gasteiger partial charge in [0.15, 0.2) is 18.9 Å². The van der Waals surface area contributed by atoms with Crippen molar-refractivity contribution in [3.63, 3.8) is 0 Å². The molecule has 0 bridgehead atoms. The van der Waals surface area contributed by atoms with Crippen LogP contribution in [0.25, 0.3) is 0 Å². The molecule has 0 saturated heterocycles. The lowest BCUT2D eigenvalue weighted by Gasteiger charge is -2.73. The largest absolute Gasteiger partial charge is 0.396 e. The van der Waals surface area contributed by atoms with Gasteiger partial charge in [0.2, 0.25) is 0 Å². The first-order chi connectivity index (χ1) is 18.9. The molecular weight excluding hydrogens is 494 g/mol. The molecular formula is C36H56NO3+. The van der Waals surface area contributed by atoms with Crippen molar-refractivity contribution >= 4 is 0 Å². The molecule has 40 heavy (non-hydrogen) atoms. The monoisotopic (exact) mass is 550 g/mol. The van der Waals surface area contributed by atoms with Crippen LogP contribution in [-0.2, 0) is 13.2 Å². The molecule has 0 aromatic carbocycles. The van der Waals surface area contributed by atoms with E-state index in [9.17, 15) is 15.3 Å². The number of pyridine rings is 1. The third kappa shape index (κ3) is 3.83. The molecule has 6 rings (SSSR count). The molecule has 0 spiro atoms. The van der Waals surface area contributed by atoms with E-state index in [0.717, 1.165) is 44.2 Å². The van der Waals surface area contributed by atoms with Crippen LogP contribution in [0.4, 0.5) is 0 Å². The first kappa shape index (κ1) is 28.9. The summed E-state index contributed by atoms with van der Waals surface area (Å²) in [5, 5.41) is 31.6. The summed E-state index contributed by atoms with van der Waals surface area (Å²) < 4.78 is 2.19. The Kier molecular flexibility index (Phi) is 6.96. The van der Waals surface area contributed by atoms with Gasteiger partial charge in [-0.1, -0.05) is 41.2 Å². The summed E-state index contributed by atoms with van der Waals surface area (Å²) in [6.07, 6.45) is 15.8. The van der Waals surface area contributed by atoms with Crippen LogP contribution < -0.4 is 4.57 Å². The van der Waals surface area contributed by atoms with E-state index in [-0.39, 0.29) is 29.0 Å². The van der Waals surface area contributed by atoms with Gasteiger partial charge >= 0.3 is 0 Å². The molecule has 1 aromatic heterocycles. The van der Waals surface area contributed by atoms with Crippen molar-refractivity contribution in [3.8, 4) is 0 Å². The summed E-state index contributed by atoms with van der Waals surface area (Å²) in [6, 6.07) is 3.99. The van der Waals surface area contributed by atoms with Gasteiger partial charge < -0.3 is 15.3 Å². The summed E-state index contributed by atoms with van der Waals surface area (Å²) in [4.78, 5) is 0. The van der Waals surface area contributed by atoms with Gasteiger partial charge in [0, 0.05) is 18.2 Å². The minimum atomic E-state index is -0.178. The van der Waals surface area contributed by atoms with Gasteiger partial charge in [0.05, 0.1) is 12.7 Å². The van der Waals surface area contributed by atoms with Crippen molar-refractivity contribution in [2.24, 2.45) is 56.7 Å². The zero-order valence-corrected chi connectivity index (χ0v) is 26.0. The van der Waals surface area contributed by atoms with Gasteiger partial charge in [0.25, 0.3) is 0 Å². The van der Waals surface area contributed by atoms with Crippen LogP contribution in [0.3, 0.4) is 0 Å². The van der Waals surface area contributed by atoms with Crippen molar-refractivity contribution in [1.29, 1.82) is 0 Å². The Morgan fingerprint density at radius 2 is 1.68 bits per heavy atom. The maximum atomic E-state index is 11.0. The molecule has 10 atom stereocenters. The third-order valence-electron chi connectivity index (χ3n) is 14.9. The number of nitrogens with zero attached hydrogens (tertiary/aromatic N) is 1. The molecule has 5 aliphatic rings. The average molecular weight is 551 g/mol. The number of rotatable bonds is 5. The summed E-state index contributed by atoms with van der Waals surface area (Å²) >= 11 is 0. The van der Waals surface area contributed by atoms with Gasteiger partial charge in [-0.15, -0.1) is 0 Å². The third-order valence-corrected chi connectivity index (χ3v) is 14.9. The fourth-order valence-corrected chi connectivity index (χ4v) is 12.6. The van der Waals surface area contributed by atoms with Gasteiger partial charge in [-0.25, -0.2) is 4.57 Å². The molecule has 222 valence electrons. The molecule has 5 unspecified atom stereocenters. The van der Waals surface area contributed by atoms with Crippen LogP contribution in [0.5, 0.6) is 0 Å². The van der Waals surface area contributed by atoms with E-state index >= 15 is 0 Å². The fraction of sp³-hybridized carbons (Fsp3) is 0.806. The summed E-state index contributed by atoms with van der Waals surface area (Å²) in [5.41, 5.74) is 3.12. The summed E-state index contributed by atoms with van der Waals surface area (Å²) in [5.74, 6) is 2.85. The van der Waals surface area contributed by atoms with Crippen molar-refractivity contribution in [1.82, 2.24) is 0 Å². The minimum absolute atomic E-state index is 0.00994. The van der Waals surface area contributed by atoms with Crippen LogP contribution in [0.2, 0.25) is 0 Å². The first-order valence-corrected chi connectivity index (χ1v) is 16.4. The predicted molar refractivity (Wildman–Crippen MR) is 159 cm³/mol. The number of aliphatic hydroxyl groups is 3. The zero-order chi connectivity index (χ0) is 28.7. The van der Waals surface area contributed by atoms with Crippen molar-refractivity contribution in [2.75, 3.05) is 6.61 Å². The van der Waals surface area contributed by atoms with Gasteiger partial charge in [-0.3, -0.25) is 0 Å². The van der Waals surface area contributed by atoms with E-state index in [2.05, 4.69) is 51.6 Å². The van der Waals surface area contributed by atoms with E-state index in [0.29, 0.717) is 47.0 Å². The highest BCUT2D eigenvalue weighted by Crippen LogP contribution is 2.77. The zero-order valence-electron chi connectivity index (χ0n) is 26.0. The fourth-order valence-electron chi connectivity index (χ4n) is 12.6. The SMILES string of the molecule is C=C(C[n+]1cccc(CO)c1)C1CC[C@]2(CO)CC[C@]3(C)C(CCC4[C@@]5(C)CC[C@H](O)C(C)(C)C5CC[C@]43C)C12. The summed E-state index contributed by atoms with van der Waals surface area (Å²) in [6.45, 7) is 18.5. The van der Waals surface area contributed by atoms with Gasteiger partial charge in [-0.2, -0.15) is 0 Å². The molecule has 1 heterocycles. The highest BCUT2D eigenvalue weighted by atomic mass is 16.3. The molecule has 5 saturated carbocycles. The van der Waals surface area contributed by atoms with E-state index in [1.165, 1.54) is 37.7 Å². The number of hydrogen-bond donors (Lipinski definition) is 3. The van der Waals surface area contributed by atoms with Crippen molar-refractivity contribution in [3.05, 3.63) is 42.2 Å². The van der Waals surface area contributed by atoms with E-state index < -0.39 is 0 Å². The van der Waals surface area contributed by atoms with Gasteiger partial charge in [-0.05, 0) is 133 Å². The minimum Gasteiger partial charge on any atom is -0.396 e. The number of aromatic nitrogens is 1. The van der Waals surface area contributed by atoms with E-state index in [1.54, 1.807) is 0 Å². The maximum Gasteiger partial charge on any atom is 0.174 e. The Morgan fingerprint density at radius 1 is 0.900 bits per heavy atom. The molecule has 3 N–H and O–H groups in total. The average Bonchev–Trinajstić information content (AvgIpc) is 3.32. The number of allylic oxidation sites excluding steroid dienone is 1. The van der Waals surface area contributed by atoms with Crippen LogP contribution in [0, 0.1) is 56.7 Å². The molecule has 4 nitrogen and oxygen atoms in total. The van der Waals surface area contributed by atoms with Crippen molar-refractivity contribution in [2.45, 2.75) is 118 Å². The highest BCUT2D eigenvalue weighted by Gasteiger charge is 2.70. The van der Waals surface area contributed by atoms with E-state index in [4.69, 9.17) is 6.58 Å². The smallest absolute Gasteiger partial charge is 0.174 e. The molecule has 4 heteroatoms. The second-order valence-electron chi connectivity index (χ2n) is 16.4. The topological polar surface area (TPSA) is 64.6 Å². The Bertz CT molecular complexity index is 1150. The lowest BCUT2D eigenvalue weighted by Crippen LogP contribution is -2.66. The molecule has 1 aromatic rings. The molecule has 0 radical (unpaired) electrons. The van der Waals surface area contributed by atoms with Crippen molar-refractivity contribution < 1.29 is 19.9 Å². The number of aliphatic hydroxyl groups excluding tert-OH is 3. The second kappa shape index (κ2) is 9.64. The number of hydrogen-bond acceptors (Lipinski definition) is 3. The van der Waals surface area contributed by atoms with E-state index in [1.807, 2.05) is 12.1 Å². The van der Waals surface area contributed by atoms with Crippen LogP contribution in [0.1, 0.15) is 104 Å². The Morgan fingerprint density at radius 3 is 2.40 bits per heavy atom. The second-order valence-corrected chi connectivity index (χ2v) is 16.4. The molecule has 5 aliphatic carbocycles. The summed E-state index contributed by atoms with van der Waals surface area (Å²) in [7, 11) is 0. The Labute approximate surface area is 243 Å².